The van der Waals surface area contributed by atoms with Crippen LogP contribution in [0, 0.1) is 0 Å². The smallest absolute Gasteiger partial charge is 0.270 e. The SMILES string of the molecule is COCCCNC(=O)c1c(Br)cnn1C. The molecule has 0 atom stereocenters. The maximum absolute atomic E-state index is 11.7. The molecule has 0 unspecified atom stereocenters. The third-order valence-electron chi connectivity index (χ3n) is 1.92. The molecule has 84 valence electrons. The van der Waals surface area contributed by atoms with Gasteiger partial charge < -0.3 is 10.1 Å². The quantitative estimate of drug-likeness (QED) is 0.815. The first-order valence-electron chi connectivity index (χ1n) is 4.61. The van der Waals surface area contributed by atoms with E-state index in [4.69, 9.17) is 4.74 Å². The van der Waals surface area contributed by atoms with Crippen molar-refractivity contribution in [2.75, 3.05) is 20.3 Å². The molecule has 0 fully saturated rings. The number of aryl methyl sites for hydroxylation is 1. The van der Waals surface area contributed by atoms with E-state index in [1.54, 1.807) is 20.4 Å². The summed E-state index contributed by atoms with van der Waals surface area (Å²) in [6.07, 6.45) is 2.40. The van der Waals surface area contributed by atoms with Crippen molar-refractivity contribution in [3.8, 4) is 0 Å². The molecule has 6 heteroatoms. The number of nitrogens with zero attached hydrogens (tertiary/aromatic N) is 2. The number of rotatable bonds is 5. The van der Waals surface area contributed by atoms with Gasteiger partial charge in [0.2, 0.25) is 0 Å². The molecule has 0 aliphatic carbocycles. The van der Waals surface area contributed by atoms with Gasteiger partial charge >= 0.3 is 0 Å². The fourth-order valence-corrected chi connectivity index (χ4v) is 1.70. The minimum Gasteiger partial charge on any atom is -0.385 e. The Balaban J connectivity index is 2.47. The van der Waals surface area contributed by atoms with E-state index in [1.807, 2.05) is 0 Å². The molecule has 0 spiro atoms. The minimum absolute atomic E-state index is 0.127. The van der Waals surface area contributed by atoms with Gasteiger partial charge in [-0.2, -0.15) is 5.10 Å². The van der Waals surface area contributed by atoms with E-state index < -0.39 is 0 Å². The highest BCUT2D eigenvalue weighted by molar-refractivity contribution is 9.10. The molecule has 0 aromatic carbocycles. The van der Waals surface area contributed by atoms with Gasteiger partial charge in [0.1, 0.15) is 5.69 Å². The maximum Gasteiger partial charge on any atom is 0.270 e. The number of carbonyl (C=O) groups excluding carboxylic acids is 1. The fourth-order valence-electron chi connectivity index (χ4n) is 1.17. The van der Waals surface area contributed by atoms with E-state index in [2.05, 4.69) is 26.3 Å². The molecular formula is C9H14BrN3O2. The molecule has 0 aliphatic heterocycles. The van der Waals surface area contributed by atoms with Gasteiger partial charge in [0.05, 0.1) is 10.7 Å². The Hall–Kier alpha value is -0.880. The van der Waals surface area contributed by atoms with Crippen molar-refractivity contribution < 1.29 is 9.53 Å². The molecule has 0 saturated heterocycles. The highest BCUT2D eigenvalue weighted by Gasteiger charge is 2.13. The number of hydrogen-bond donors (Lipinski definition) is 1. The van der Waals surface area contributed by atoms with Crippen LogP contribution in [0.4, 0.5) is 0 Å². The second-order valence-electron chi connectivity index (χ2n) is 3.07. The zero-order valence-electron chi connectivity index (χ0n) is 8.79. The Kier molecular flexibility index (Phi) is 4.77. The van der Waals surface area contributed by atoms with Crippen molar-refractivity contribution in [2.45, 2.75) is 6.42 Å². The van der Waals surface area contributed by atoms with Crippen LogP contribution >= 0.6 is 15.9 Å². The average Bonchev–Trinajstić information content (AvgIpc) is 2.53. The Labute approximate surface area is 96.9 Å². The summed E-state index contributed by atoms with van der Waals surface area (Å²) < 4.78 is 7.12. The van der Waals surface area contributed by atoms with Crippen LogP contribution < -0.4 is 5.32 Å². The number of halogens is 1. The van der Waals surface area contributed by atoms with Crippen LogP contribution in [0.25, 0.3) is 0 Å². The summed E-state index contributed by atoms with van der Waals surface area (Å²) in [5.41, 5.74) is 0.535. The van der Waals surface area contributed by atoms with Crippen LogP contribution in [-0.2, 0) is 11.8 Å². The van der Waals surface area contributed by atoms with Crippen molar-refractivity contribution in [3.05, 3.63) is 16.4 Å². The van der Waals surface area contributed by atoms with Crippen molar-refractivity contribution in [1.82, 2.24) is 15.1 Å². The molecule has 1 rings (SSSR count). The van der Waals surface area contributed by atoms with Crippen molar-refractivity contribution in [1.29, 1.82) is 0 Å². The van der Waals surface area contributed by atoms with Gasteiger partial charge in [0.25, 0.3) is 5.91 Å². The van der Waals surface area contributed by atoms with Gasteiger partial charge in [-0.05, 0) is 22.4 Å². The molecule has 0 saturated carbocycles. The normalized spacial score (nSPS) is 10.3. The minimum atomic E-state index is -0.127. The molecular weight excluding hydrogens is 262 g/mol. The summed E-state index contributed by atoms with van der Waals surface area (Å²) in [6.45, 7) is 1.25. The second kappa shape index (κ2) is 5.87. The van der Waals surface area contributed by atoms with Crippen LogP contribution in [0.5, 0.6) is 0 Å². The lowest BCUT2D eigenvalue weighted by atomic mass is 10.3. The van der Waals surface area contributed by atoms with E-state index in [0.29, 0.717) is 23.3 Å². The Morgan fingerprint density at radius 3 is 3.00 bits per heavy atom. The first kappa shape index (κ1) is 12.2. The fraction of sp³-hybridized carbons (Fsp3) is 0.556. The molecule has 0 bridgehead atoms. The zero-order valence-corrected chi connectivity index (χ0v) is 10.4. The molecule has 0 aliphatic rings. The van der Waals surface area contributed by atoms with E-state index in [1.165, 1.54) is 4.68 Å². The van der Waals surface area contributed by atoms with Crippen LogP contribution in [0.2, 0.25) is 0 Å². The monoisotopic (exact) mass is 275 g/mol. The summed E-state index contributed by atoms with van der Waals surface area (Å²) in [7, 11) is 3.37. The molecule has 1 aromatic rings. The first-order chi connectivity index (χ1) is 7.16. The number of ether oxygens (including phenoxy) is 1. The van der Waals surface area contributed by atoms with E-state index in [0.717, 1.165) is 6.42 Å². The molecule has 1 aromatic heterocycles. The highest BCUT2D eigenvalue weighted by Crippen LogP contribution is 2.14. The number of hydrogen-bond acceptors (Lipinski definition) is 3. The molecule has 15 heavy (non-hydrogen) atoms. The van der Waals surface area contributed by atoms with Gasteiger partial charge in [0, 0.05) is 27.3 Å². The van der Waals surface area contributed by atoms with Gasteiger partial charge in [-0.1, -0.05) is 0 Å². The largest absolute Gasteiger partial charge is 0.385 e. The predicted molar refractivity (Wildman–Crippen MR) is 59.7 cm³/mol. The summed E-state index contributed by atoms with van der Waals surface area (Å²) in [5.74, 6) is -0.127. The standard InChI is InChI=1S/C9H14BrN3O2/c1-13-8(7(10)6-12-13)9(14)11-4-3-5-15-2/h6H,3-5H2,1-2H3,(H,11,14). The molecule has 1 heterocycles. The second-order valence-corrected chi connectivity index (χ2v) is 3.92. The first-order valence-corrected chi connectivity index (χ1v) is 5.40. The number of aromatic nitrogens is 2. The summed E-state index contributed by atoms with van der Waals surface area (Å²) in [4.78, 5) is 11.7. The van der Waals surface area contributed by atoms with Crippen LogP contribution in [0.3, 0.4) is 0 Å². The number of amides is 1. The molecule has 1 N–H and O–H groups in total. The number of carbonyl (C=O) groups is 1. The van der Waals surface area contributed by atoms with E-state index in [-0.39, 0.29) is 5.91 Å². The summed E-state index contributed by atoms with van der Waals surface area (Å²) in [6, 6.07) is 0. The lowest BCUT2D eigenvalue weighted by molar-refractivity contribution is 0.0938. The van der Waals surface area contributed by atoms with Crippen molar-refractivity contribution in [2.24, 2.45) is 7.05 Å². The summed E-state index contributed by atoms with van der Waals surface area (Å²) >= 11 is 3.27. The number of methoxy groups -OCH3 is 1. The average molecular weight is 276 g/mol. The third kappa shape index (κ3) is 3.32. The van der Waals surface area contributed by atoms with Gasteiger partial charge in [0.15, 0.2) is 0 Å². The molecule has 0 radical (unpaired) electrons. The maximum atomic E-state index is 11.7. The molecule has 1 amide bonds. The van der Waals surface area contributed by atoms with Crippen LogP contribution in [-0.4, -0.2) is 35.9 Å². The van der Waals surface area contributed by atoms with Crippen LogP contribution in [0.15, 0.2) is 10.7 Å². The lowest BCUT2D eigenvalue weighted by Crippen LogP contribution is -2.27. The van der Waals surface area contributed by atoms with Crippen molar-refractivity contribution >= 4 is 21.8 Å². The molecule has 5 nitrogen and oxygen atoms in total. The van der Waals surface area contributed by atoms with E-state index in [9.17, 15) is 4.79 Å². The van der Waals surface area contributed by atoms with Gasteiger partial charge in [-0.15, -0.1) is 0 Å². The Morgan fingerprint density at radius 2 is 2.47 bits per heavy atom. The van der Waals surface area contributed by atoms with E-state index >= 15 is 0 Å². The Morgan fingerprint density at radius 1 is 1.73 bits per heavy atom. The topological polar surface area (TPSA) is 56.1 Å². The summed E-state index contributed by atoms with van der Waals surface area (Å²) in [5, 5.41) is 6.76. The lowest BCUT2D eigenvalue weighted by Gasteiger charge is -2.05. The van der Waals surface area contributed by atoms with Crippen molar-refractivity contribution in [3.63, 3.8) is 0 Å². The predicted octanol–water partition coefficient (Wildman–Crippen LogP) is 0.949. The van der Waals surface area contributed by atoms with Gasteiger partial charge in [-0.25, -0.2) is 0 Å². The number of nitrogens with one attached hydrogen (secondary N) is 1. The zero-order chi connectivity index (χ0) is 11.3. The highest BCUT2D eigenvalue weighted by atomic mass is 79.9. The Bertz CT molecular complexity index is 319. The van der Waals surface area contributed by atoms with Crippen LogP contribution in [0.1, 0.15) is 16.9 Å². The third-order valence-corrected chi connectivity index (χ3v) is 2.50. The van der Waals surface area contributed by atoms with Gasteiger partial charge in [-0.3, -0.25) is 9.48 Å².